The minimum absolute atomic E-state index is 0.0928. The highest BCUT2D eigenvalue weighted by atomic mass is 32.2. The number of amides is 1. The van der Waals surface area contributed by atoms with Gasteiger partial charge in [-0.1, -0.05) is 12.1 Å². The number of carbonyl (C=O) groups is 1. The van der Waals surface area contributed by atoms with Crippen LogP contribution < -0.4 is 4.74 Å². The fourth-order valence-electron chi connectivity index (χ4n) is 3.73. The number of hydrogen-bond donors (Lipinski definition) is 0. The molecule has 0 unspecified atom stereocenters. The highest BCUT2D eigenvalue weighted by molar-refractivity contribution is 7.92. The molecule has 0 radical (unpaired) electrons. The van der Waals surface area contributed by atoms with Gasteiger partial charge in [0.1, 0.15) is 5.75 Å². The molecule has 3 rings (SSSR count). The van der Waals surface area contributed by atoms with Crippen LogP contribution >= 0.6 is 0 Å². The van der Waals surface area contributed by atoms with Gasteiger partial charge in [0.2, 0.25) is 5.91 Å². The minimum atomic E-state index is -3.47. The number of piperidine rings is 1. The van der Waals surface area contributed by atoms with Gasteiger partial charge in [-0.05, 0) is 68.7 Å². The van der Waals surface area contributed by atoms with E-state index in [1.165, 1.54) is 19.2 Å². The maximum absolute atomic E-state index is 12.9. The van der Waals surface area contributed by atoms with Gasteiger partial charge in [-0.15, -0.1) is 0 Å². The molecule has 0 spiro atoms. The summed E-state index contributed by atoms with van der Waals surface area (Å²) in [6, 6.07) is 12.7. The van der Waals surface area contributed by atoms with Crippen LogP contribution in [0.25, 0.3) is 0 Å². The molecule has 174 valence electrons. The number of sulfone groups is 2. The lowest BCUT2D eigenvalue weighted by Crippen LogP contribution is -2.43. The van der Waals surface area contributed by atoms with E-state index < -0.39 is 30.2 Å². The topological polar surface area (TPSA) is 97.8 Å². The lowest BCUT2D eigenvalue weighted by atomic mass is 10.1. The van der Waals surface area contributed by atoms with Crippen LogP contribution in [0.4, 0.5) is 0 Å². The average Bonchev–Trinajstić information content (AvgIpc) is 2.79. The van der Waals surface area contributed by atoms with Gasteiger partial charge in [0.15, 0.2) is 19.7 Å². The van der Waals surface area contributed by atoms with Gasteiger partial charge >= 0.3 is 0 Å². The molecule has 0 aliphatic carbocycles. The molecule has 0 saturated carbocycles. The summed E-state index contributed by atoms with van der Waals surface area (Å²) in [5, 5.41) is -1.04. The van der Waals surface area contributed by atoms with E-state index in [0.29, 0.717) is 31.7 Å². The SMILES string of the molecule is COc1ccc(S(=O)(=O)C2CCN(C(=O)Cc3ccc(S(=O)(=O)C(C)C)cc3)CC2)cc1. The van der Waals surface area contributed by atoms with Crippen molar-refractivity contribution >= 4 is 25.6 Å². The van der Waals surface area contributed by atoms with Crippen molar-refractivity contribution in [3.63, 3.8) is 0 Å². The Hall–Kier alpha value is -2.39. The van der Waals surface area contributed by atoms with Gasteiger partial charge in [0.25, 0.3) is 0 Å². The zero-order valence-electron chi connectivity index (χ0n) is 18.5. The maximum Gasteiger partial charge on any atom is 0.226 e. The quantitative estimate of drug-likeness (QED) is 0.606. The Morgan fingerprint density at radius 2 is 1.47 bits per heavy atom. The molecule has 1 aliphatic rings. The van der Waals surface area contributed by atoms with Crippen molar-refractivity contribution in [2.24, 2.45) is 0 Å². The third-order valence-electron chi connectivity index (χ3n) is 5.85. The fourth-order valence-corrected chi connectivity index (χ4v) is 6.52. The molecule has 1 amide bonds. The molecule has 1 saturated heterocycles. The van der Waals surface area contributed by atoms with Crippen LogP contribution in [0.15, 0.2) is 58.3 Å². The molecule has 0 bridgehead atoms. The predicted octanol–water partition coefficient (Wildman–Crippen LogP) is 2.88. The summed E-state index contributed by atoms with van der Waals surface area (Å²) in [4.78, 5) is 14.9. The first-order chi connectivity index (χ1) is 15.1. The van der Waals surface area contributed by atoms with Crippen molar-refractivity contribution in [2.75, 3.05) is 20.2 Å². The minimum Gasteiger partial charge on any atom is -0.497 e. The first-order valence-electron chi connectivity index (χ1n) is 10.5. The summed E-state index contributed by atoms with van der Waals surface area (Å²) in [7, 11) is -5.29. The number of nitrogens with zero attached hydrogens (tertiary/aromatic N) is 1. The summed E-state index contributed by atoms with van der Waals surface area (Å²) in [6.07, 6.45) is 0.912. The third-order valence-corrected chi connectivity index (χ3v) is 10.3. The Balaban J connectivity index is 1.59. The molecular formula is C23H29NO6S2. The van der Waals surface area contributed by atoms with E-state index >= 15 is 0 Å². The molecule has 7 nitrogen and oxygen atoms in total. The number of methoxy groups -OCH3 is 1. The smallest absolute Gasteiger partial charge is 0.226 e. The van der Waals surface area contributed by atoms with E-state index in [1.807, 2.05) is 0 Å². The summed E-state index contributed by atoms with van der Waals surface area (Å²) in [5.74, 6) is 0.504. The second-order valence-electron chi connectivity index (χ2n) is 8.22. The molecule has 0 atom stereocenters. The van der Waals surface area contributed by atoms with Gasteiger partial charge in [-0.25, -0.2) is 16.8 Å². The highest BCUT2D eigenvalue weighted by Crippen LogP contribution is 2.26. The largest absolute Gasteiger partial charge is 0.497 e. The van der Waals surface area contributed by atoms with Crippen LogP contribution in [-0.4, -0.2) is 58.3 Å². The number of ether oxygens (including phenoxy) is 1. The second kappa shape index (κ2) is 9.62. The third kappa shape index (κ3) is 5.15. The standard InChI is InChI=1S/C23H29NO6S2/c1-17(2)31(26,27)20-8-4-18(5-9-20)16-23(25)24-14-12-22(13-15-24)32(28,29)21-10-6-19(30-3)7-11-21/h4-11,17,22H,12-16H2,1-3H3. The normalized spacial score (nSPS) is 15.7. The van der Waals surface area contributed by atoms with Gasteiger partial charge in [-0.3, -0.25) is 4.79 Å². The highest BCUT2D eigenvalue weighted by Gasteiger charge is 2.32. The first kappa shape index (κ1) is 24.3. The summed E-state index contributed by atoms with van der Waals surface area (Å²) in [5.41, 5.74) is 0.727. The van der Waals surface area contributed by atoms with E-state index in [9.17, 15) is 21.6 Å². The van der Waals surface area contributed by atoms with E-state index in [1.54, 1.807) is 55.1 Å². The van der Waals surface area contributed by atoms with Crippen molar-refractivity contribution in [3.05, 3.63) is 54.1 Å². The van der Waals surface area contributed by atoms with Crippen molar-refractivity contribution in [1.29, 1.82) is 0 Å². The number of rotatable bonds is 7. The van der Waals surface area contributed by atoms with E-state index in [-0.39, 0.29) is 22.1 Å². The van der Waals surface area contributed by atoms with Crippen LogP contribution in [0.2, 0.25) is 0 Å². The lowest BCUT2D eigenvalue weighted by molar-refractivity contribution is -0.131. The van der Waals surface area contributed by atoms with Crippen LogP contribution in [0.1, 0.15) is 32.3 Å². The van der Waals surface area contributed by atoms with Crippen molar-refractivity contribution in [3.8, 4) is 5.75 Å². The van der Waals surface area contributed by atoms with E-state index in [0.717, 1.165) is 5.56 Å². The van der Waals surface area contributed by atoms with E-state index in [4.69, 9.17) is 4.74 Å². The number of carbonyl (C=O) groups excluding carboxylic acids is 1. The van der Waals surface area contributed by atoms with Crippen molar-refractivity contribution < 1.29 is 26.4 Å². The molecule has 0 aromatic heterocycles. The molecule has 0 N–H and O–H groups in total. The van der Waals surface area contributed by atoms with Crippen LogP contribution in [-0.2, 0) is 30.9 Å². The monoisotopic (exact) mass is 479 g/mol. The molecule has 9 heteroatoms. The number of benzene rings is 2. The fraction of sp³-hybridized carbons (Fsp3) is 0.435. The Morgan fingerprint density at radius 1 is 0.938 bits per heavy atom. The van der Waals surface area contributed by atoms with Gasteiger partial charge in [0, 0.05) is 13.1 Å². The molecule has 1 heterocycles. The first-order valence-corrected chi connectivity index (χ1v) is 13.6. The van der Waals surface area contributed by atoms with Crippen LogP contribution in [0, 0.1) is 0 Å². The van der Waals surface area contributed by atoms with Crippen molar-refractivity contribution in [2.45, 2.75) is 53.4 Å². The van der Waals surface area contributed by atoms with Crippen LogP contribution in [0.5, 0.6) is 5.75 Å². The average molecular weight is 480 g/mol. The molecule has 2 aromatic rings. The predicted molar refractivity (Wildman–Crippen MR) is 122 cm³/mol. The molecule has 32 heavy (non-hydrogen) atoms. The molecule has 1 fully saturated rings. The summed E-state index contributed by atoms with van der Waals surface area (Å²) < 4.78 is 55.4. The molecule has 2 aromatic carbocycles. The Bertz CT molecular complexity index is 1150. The Morgan fingerprint density at radius 3 is 1.97 bits per heavy atom. The van der Waals surface area contributed by atoms with Crippen LogP contribution in [0.3, 0.4) is 0 Å². The zero-order valence-corrected chi connectivity index (χ0v) is 20.2. The van der Waals surface area contributed by atoms with Crippen molar-refractivity contribution in [1.82, 2.24) is 4.90 Å². The van der Waals surface area contributed by atoms with Gasteiger partial charge < -0.3 is 9.64 Å². The van der Waals surface area contributed by atoms with E-state index in [2.05, 4.69) is 0 Å². The van der Waals surface area contributed by atoms with Gasteiger partial charge in [-0.2, -0.15) is 0 Å². The zero-order chi connectivity index (χ0) is 23.5. The Labute approximate surface area is 190 Å². The lowest BCUT2D eigenvalue weighted by Gasteiger charge is -2.32. The second-order valence-corrected chi connectivity index (χ2v) is 12.9. The maximum atomic E-state index is 12.9. The number of hydrogen-bond acceptors (Lipinski definition) is 6. The molecular weight excluding hydrogens is 450 g/mol. The number of likely N-dealkylation sites (tertiary alicyclic amines) is 1. The molecule has 1 aliphatic heterocycles. The van der Waals surface area contributed by atoms with Gasteiger partial charge in [0.05, 0.1) is 33.8 Å². The summed E-state index contributed by atoms with van der Waals surface area (Å²) >= 11 is 0. The summed E-state index contributed by atoms with van der Waals surface area (Å²) in [6.45, 7) is 4.01. The Kier molecular flexibility index (Phi) is 7.29.